The molecule has 1 aromatic rings. The summed E-state index contributed by atoms with van der Waals surface area (Å²) in [4.78, 5) is 13.2. The highest BCUT2D eigenvalue weighted by molar-refractivity contribution is 5.81. The third-order valence-electron chi connectivity index (χ3n) is 3.64. The SMILES string of the molecule is COc1cc(C=O)cc2c1N(C)CCC2(C)C. The lowest BCUT2D eigenvalue weighted by Gasteiger charge is -2.39. The summed E-state index contributed by atoms with van der Waals surface area (Å²) >= 11 is 0. The first-order chi connectivity index (χ1) is 7.99. The van der Waals surface area contributed by atoms with E-state index in [1.165, 1.54) is 5.56 Å². The molecule has 0 saturated heterocycles. The van der Waals surface area contributed by atoms with E-state index in [2.05, 4.69) is 25.8 Å². The minimum Gasteiger partial charge on any atom is -0.495 e. The predicted octanol–water partition coefficient (Wildman–Crippen LogP) is 2.63. The van der Waals surface area contributed by atoms with Gasteiger partial charge in [0.15, 0.2) is 0 Å². The smallest absolute Gasteiger partial charge is 0.150 e. The Morgan fingerprint density at radius 1 is 1.41 bits per heavy atom. The molecule has 0 aromatic heterocycles. The van der Waals surface area contributed by atoms with Gasteiger partial charge in [-0.3, -0.25) is 4.79 Å². The summed E-state index contributed by atoms with van der Waals surface area (Å²) in [5.74, 6) is 0.792. The van der Waals surface area contributed by atoms with Crippen molar-refractivity contribution in [3.05, 3.63) is 23.3 Å². The Morgan fingerprint density at radius 3 is 2.71 bits per heavy atom. The van der Waals surface area contributed by atoms with Crippen molar-refractivity contribution in [2.24, 2.45) is 0 Å². The third kappa shape index (κ3) is 1.90. The number of fused-ring (bicyclic) bond motifs is 1. The number of hydrogen-bond acceptors (Lipinski definition) is 3. The van der Waals surface area contributed by atoms with E-state index in [1.54, 1.807) is 7.11 Å². The van der Waals surface area contributed by atoms with E-state index in [0.29, 0.717) is 5.56 Å². The lowest BCUT2D eigenvalue weighted by molar-refractivity contribution is 0.112. The Bertz CT molecular complexity index is 452. The van der Waals surface area contributed by atoms with Crippen LogP contribution in [0.15, 0.2) is 12.1 Å². The fraction of sp³-hybridized carbons (Fsp3) is 0.500. The summed E-state index contributed by atoms with van der Waals surface area (Å²) in [5.41, 5.74) is 3.10. The number of carbonyl (C=O) groups excluding carboxylic acids is 1. The van der Waals surface area contributed by atoms with Gasteiger partial charge in [0, 0.05) is 19.2 Å². The first-order valence-corrected chi connectivity index (χ1v) is 5.88. The number of rotatable bonds is 2. The first kappa shape index (κ1) is 12.0. The minimum absolute atomic E-state index is 0.0914. The number of aldehydes is 1. The van der Waals surface area contributed by atoms with E-state index in [4.69, 9.17) is 4.74 Å². The van der Waals surface area contributed by atoms with Crippen molar-refractivity contribution < 1.29 is 9.53 Å². The molecule has 17 heavy (non-hydrogen) atoms. The molecular formula is C14H19NO2. The van der Waals surface area contributed by atoms with Crippen LogP contribution < -0.4 is 9.64 Å². The van der Waals surface area contributed by atoms with Crippen LogP contribution in [-0.2, 0) is 5.41 Å². The van der Waals surface area contributed by atoms with Crippen LogP contribution in [0, 0.1) is 0 Å². The van der Waals surface area contributed by atoms with Gasteiger partial charge in [0.25, 0.3) is 0 Å². The molecule has 3 heteroatoms. The van der Waals surface area contributed by atoms with Gasteiger partial charge in [0.05, 0.1) is 12.8 Å². The van der Waals surface area contributed by atoms with E-state index in [9.17, 15) is 4.79 Å². The molecule has 0 saturated carbocycles. The molecule has 0 atom stereocenters. The van der Waals surface area contributed by atoms with Gasteiger partial charge in [0.2, 0.25) is 0 Å². The highest BCUT2D eigenvalue weighted by Crippen LogP contribution is 2.44. The zero-order valence-electron chi connectivity index (χ0n) is 10.9. The Balaban J connectivity index is 2.70. The second-order valence-electron chi connectivity index (χ2n) is 5.29. The zero-order chi connectivity index (χ0) is 12.6. The number of benzene rings is 1. The second-order valence-corrected chi connectivity index (χ2v) is 5.29. The number of methoxy groups -OCH3 is 1. The number of ether oxygens (including phenoxy) is 1. The van der Waals surface area contributed by atoms with Gasteiger partial charge >= 0.3 is 0 Å². The summed E-state index contributed by atoms with van der Waals surface area (Å²) in [5, 5.41) is 0. The number of nitrogens with zero attached hydrogens (tertiary/aromatic N) is 1. The summed E-state index contributed by atoms with van der Waals surface area (Å²) < 4.78 is 5.42. The van der Waals surface area contributed by atoms with Gasteiger partial charge in [-0.05, 0) is 29.5 Å². The van der Waals surface area contributed by atoms with Crippen LogP contribution in [0.2, 0.25) is 0 Å². The second kappa shape index (κ2) is 4.06. The van der Waals surface area contributed by atoms with Gasteiger partial charge in [0.1, 0.15) is 12.0 Å². The van der Waals surface area contributed by atoms with E-state index in [-0.39, 0.29) is 5.41 Å². The molecule has 92 valence electrons. The first-order valence-electron chi connectivity index (χ1n) is 5.88. The van der Waals surface area contributed by atoms with Gasteiger partial charge < -0.3 is 9.64 Å². The van der Waals surface area contributed by atoms with E-state index in [0.717, 1.165) is 30.7 Å². The van der Waals surface area contributed by atoms with Crippen LogP contribution in [0.1, 0.15) is 36.2 Å². The van der Waals surface area contributed by atoms with Crippen LogP contribution in [0.4, 0.5) is 5.69 Å². The van der Waals surface area contributed by atoms with E-state index < -0.39 is 0 Å². The van der Waals surface area contributed by atoms with Crippen LogP contribution in [0.5, 0.6) is 5.75 Å². The van der Waals surface area contributed by atoms with Crippen LogP contribution in [-0.4, -0.2) is 27.0 Å². The molecule has 3 nitrogen and oxygen atoms in total. The molecule has 0 radical (unpaired) electrons. The van der Waals surface area contributed by atoms with E-state index >= 15 is 0 Å². The maximum absolute atomic E-state index is 11.0. The van der Waals surface area contributed by atoms with Gasteiger partial charge in [-0.25, -0.2) is 0 Å². The van der Waals surface area contributed by atoms with E-state index in [1.807, 2.05) is 12.1 Å². The van der Waals surface area contributed by atoms with Crippen LogP contribution in [0.25, 0.3) is 0 Å². The molecule has 0 aliphatic carbocycles. The van der Waals surface area contributed by atoms with Gasteiger partial charge in [-0.1, -0.05) is 13.8 Å². The van der Waals surface area contributed by atoms with Crippen molar-refractivity contribution in [2.75, 3.05) is 25.6 Å². The van der Waals surface area contributed by atoms with Crippen molar-refractivity contribution >= 4 is 12.0 Å². The summed E-state index contributed by atoms with van der Waals surface area (Å²) in [6.45, 7) is 5.44. The quantitative estimate of drug-likeness (QED) is 0.735. The Kier molecular flexibility index (Phi) is 2.86. The Hall–Kier alpha value is -1.51. The summed E-state index contributed by atoms with van der Waals surface area (Å²) in [7, 11) is 3.72. The maximum Gasteiger partial charge on any atom is 0.150 e. The maximum atomic E-state index is 11.0. The minimum atomic E-state index is 0.0914. The third-order valence-corrected chi connectivity index (χ3v) is 3.64. The molecule has 0 amide bonds. The van der Waals surface area contributed by atoms with Crippen LogP contribution >= 0.6 is 0 Å². The Morgan fingerprint density at radius 2 is 2.12 bits per heavy atom. The predicted molar refractivity (Wildman–Crippen MR) is 69.3 cm³/mol. The zero-order valence-corrected chi connectivity index (χ0v) is 10.9. The van der Waals surface area contributed by atoms with Crippen molar-refractivity contribution in [1.29, 1.82) is 0 Å². The molecule has 0 N–H and O–H groups in total. The normalized spacial score (nSPS) is 17.5. The van der Waals surface area contributed by atoms with Crippen molar-refractivity contribution in [3.8, 4) is 5.75 Å². The lowest BCUT2D eigenvalue weighted by atomic mass is 9.77. The average molecular weight is 233 g/mol. The monoisotopic (exact) mass is 233 g/mol. The molecule has 0 unspecified atom stereocenters. The topological polar surface area (TPSA) is 29.5 Å². The summed E-state index contributed by atoms with van der Waals surface area (Å²) in [6.07, 6.45) is 1.97. The Labute approximate surface area is 102 Å². The molecule has 1 aromatic carbocycles. The van der Waals surface area contributed by atoms with Crippen molar-refractivity contribution in [2.45, 2.75) is 25.7 Å². The van der Waals surface area contributed by atoms with Crippen molar-refractivity contribution in [3.63, 3.8) is 0 Å². The molecule has 1 aliphatic rings. The number of hydrogen-bond donors (Lipinski definition) is 0. The molecule has 1 heterocycles. The number of carbonyl (C=O) groups is 1. The molecule has 1 aliphatic heterocycles. The highest BCUT2D eigenvalue weighted by atomic mass is 16.5. The van der Waals surface area contributed by atoms with Crippen LogP contribution in [0.3, 0.4) is 0 Å². The molecule has 0 fully saturated rings. The molecular weight excluding hydrogens is 214 g/mol. The number of anilines is 1. The highest BCUT2D eigenvalue weighted by Gasteiger charge is 2.32. The summed E-state index contributed by atoms with van der Waals surface area (Å²) in [6, 6.07) is 3.80. The lowest BCUT2D eigenvalue weighted by Crippen LogP contribution is -2.35. The van der Waals surface area contributed by atoms with Gasteiger partial charge in [-0.2, -0.15) is 0 Å². The molecule has 0 bridgehead atoms. The molecule has 0 spiro atoms. The largest absolute Gasteiger partial charge is 0.495 e. The van der Waals surface area contributed by atoms with Crippen molar-refractivity contribution in [1.82, 2.24) is 0 Å². The average Bonchev–Trinajstić information content (AvgIpc) is 2.33. The fourth-order valence-corrected chi connectivity index (χ4v) is 2.46. The fourth-order valence-electron chi connectivity index (χ4n) is 2.46. The standard InChI is InChI=1S/C14H19NO2/c1-14(2)5-6-15(3)13-11(14)7-10(9-16)8-12(13)17-4/h7-9H,5-6H2,1-4H3. The van der Waals surface area contributed by atoms with Gasteiger partial charge in [-0.15, -0.1) is 0 Å². The molecule has 2 rings (SSSR count).